The van der Waals surface area contributed by atoms with E-state index in [1.165, 1.54) is 11.6 Å². The summed E-state index contributed by atoms with van der Waals surface area (Å²) in [6.45, 7) is 4.33. The van der Waals surface area contributed by atoms with Crippen LogP contribution in [0.1, 0.15) is 42.2 Å². The van der Waals surface area contributed by atoms with Crippen molar-refractivity contribution in [3.63, 3.8) is 0 Å². The van der Waals surface area contributed by atoms with E-state index in [9.17, 15) is 4.79 Å². The maximum atomic E-state index is 10.8. The summed E-state index contributed by atoms with van der Waals surface area (Å²) in [6.07, 6.45) is 1.07. The number of nitrogens with one attached hydrogen (secondary N) is 1. The Morgan fingerprint density at radius 1 is 1.47 bits per heavy atom. The molecule has 19 heavy (non-hydrogen) atoms. The smallest absolute Gasteiger partial charge is 0.353 e. The summed E-state index contributed by atoms with van der Waals surface area (Å²) in [5.41, 5.74) is 2.87. The van der Waals surface area contributed by atoms with Crippen LogP contribution in [0.4, 0.5) is 0 Å². The van der Waals surface area contributed by atoms with Crippen LogP contribution in [0.5, 0.6) is 0 Å². The third-order valence-corrected chi connectivity index (χ3v) is 3.93. The van der Waals surface area contributed by atoms with E-state index >= 15 is 0 Å². The van der Waals surface area contributed by atoms with E-state index in [-0.39, 0.29) is 5.69 Å². The van der Waals surface area contributed by atoms with Crippen molar-refractivity contribution in [2.24, 2.45) is 0 Å². The van der Waals surface area contributed by atoms with Gasteiger partial charge in [0.05, 0.1) is 5.69 Å². The van der Waals surface area contributed by atoms with Gasteiger partial charge in [-0.05, 0) is 30.0 Å². The highest BCUT2D eigenvalue weighted by molar-refractivity contribution is 9.10. The summed E-state index contributed by atoms with van der Waals surface area (Å²) in [5.74, 6) is -0.522. The van der Waals surface area contributed by atoms with Gasteiger partial charge in [0.25, 0.3) is 0 Å². The second-order valence-corrected chi connectivity index (χ2v) is 5.37. The number of rotatable bonds is 4. The van der Waals surface area contributed by atoms with Crippen molar-refractivity contribution >= 4 is 21.9 Å². The summed E-state index contributed by atoms with van der Waals surface area (Å²) < 4.78 is 1.03. The molecule has 0 saturated carbocycles. The van der Waals surface area contributed by atoms with E-state index in [2.05, 4.69) is 46.0 Å². The van der Waals surface area contributed by atoms with Crippen LogP contribution in [0.25, 0.3) is 11.3 Å². The number of carboxylic acids is 1. The molecule has 0 aliphatic heterocycles. The lowest BCUT2D eigenvalue weighted by molar-refractivity contribution is 0.0690. The molecule has 0 spiro atoms. The van der Waals surface area contributed by atoms with Crippen LogP contribution in [0.15, 0.2) is 28.7 Å². The molecule has 0 amide bonds. The number of nitrogens with zero attached hydrogens (tertiary/aromatic N) is 1. The van der Waals surface area contributed by atoms with Crippen molar-refractivity contribution < 1.29 is 9.90 Å². The molecule has 5 heteroatoms. The Morgan fingerprint density at radius 3 is 2.74 bits per heavy atom. The highest BCUT2D eigenvalue weighted by Crippen LogP contribution is 2.31. The topological polar surface area (TPSA) is 66.0 Å². The van der Waals surface area contributed by atoms with Crippen LogP contribution in [0.2, 0.25) is 0 Å². The van der Waals surface area contributed by atoms with Crippen LogP contribution in [0, 0.1) is 0 Å². The van der Waals surface area contributed by atoms with Crippen LogP contribution >= 0.6 is 15.9 Å². The van der Waals surface area contributed by atoms with Gasteiger partial charge in [0.1, 0.15) is 5.69 Å². The Labute approximate surface area is 120 Å². The Kier molecular flexibility index (Phi) is 4.04. The molecule has 1 aromatic heterocycles. The Hall–Kier alpha value is -1.62. The third-order valence-electron chi connectivity index (χ3n) is 3.25. The lowest BCUT2D eigenvalue weighted by Gasteiger charge is -2.12. The summed E-state index contributed by atoms with van der Waals surface area (Å²) in [5, 5.41) is 15.4. The van der Waals surface area contributed by atoms with E-state index in [1.54, 1.807) is 0 Å². The first-order valence-electron chi connectivity index (χ1n) is 6.11. The van der Waals surface area contributed by atoms with E-state index in [0.717, 1.165) is 16.5 Å². The number of carbonyl (C=O) groups is 1. The third kappa shape index (κ3) is 2.87. The summed E-state index contributed by atoms with van der Waals surface area (Å²) in [7, 11) is 0. The number of aromatic amines is 1. The maximum absolute atomic E-state index is 10.8. The van der Waals surface area contributed by atoms with Crippen molar-refractivity contribution in [1.29, 1.82) is 0 Å². The van der Waals surface area contributed by atoms with Crippen LogP contribution in [-0.4, -0.2) is 21.3 Å². The van der Waals surface area contributed by atoms with Gasteiger partial charge >= 0.3 is 5.97 Å². The molecular weight excluding hydrogens is 308 g/mol. The lowest BCUT2D eigenvalue weighted by Crippen LogP contribution is -1.95. The van der Waals surface area contributed by atoms with Gasteiger partial charge in [-0.25, -0.2) is 4.79 Å². The normalized spacial score (nSPS) is 12.4. The Morgan fingerprint density at radius 2 is 2.21 bits per heavy atom. The number of carboxylic acid groups (broad SMARTS) is 1. The van der Waals surface area contributed by atoms with Crippen molar-refractivity contribution in [2.45, 2.75) is 26.2 Å². The summed E-state index contributed by atoms with van der Waals surface area (Å²) >= 11 is 3.57. The molecular formula is C14H15BrN2O2. The highest BCUT2D eigenvalue weighted by atomic mass is 79.9. The number of aromatic carboxylic acids is 1. The van der Waals surface area contributed by atoms with E-state index in [0.29, 0.717) is 11.6 Å². The molecule has 1 atom stereocenters. The average Bonchev–Trinajstić information content (AvgIpc) is 2.87. The lowest BCUT2D eigenvalue weighted by atomic mass is 9.97. The van der Waals surface area contributed by atoms with Gasteiger partial charge in [0, 0.05) is 10.0 Å². The monoisotopic (exact) mass is 322 g/mol. The van der Waals surface area contributed by atoms with E-state index < -0.39 is 5.97 Å². The van der Waals surface area contributed by atoms with Crippen molar-refractivity contribution in [2.75, 3.05) is 0 Å². The molecule has 1 unspecified atom stereocenters. The zero-order chi connectivity index (χ0) is 14.0. The molecule has 0 radical (unpaired) electrons. The van der Waals surface area contributed by atoms with Gasteiger partial charge in [-0.2, -0.15) is 5.10 Å². The highest BCUT2D eigenvalue weighted by Gasteiger charge is 2.12. The molecule has 1 heterocycles. The van der Waals surface area contributed by atoms with Gasteiger partial charge in [-0.1, -0.05) is 41.9 Å². The Bertz CT molecular complexity index is 607. The largest absolute Gasteiger partial charge is 0.477 e. The maximum Gasteiger partial charge on any atom is 0.353 e. The molecule has 2 rings (SSSR count). The fourth-order valence-electron chi connectivity index (χ4n) is 1.89. The SMILES string of the molecule is CCC(C)c1ccc(-c2cc(C(=O)O)[nH]n2)cc1Br. The second kappa shape index (κ2) is 5.57. The molecule has 4 nitrogen and oxygen atoms in total. The van der Waals surface area contributed by atoms with Crippen LogP contribution in [-0.2, 0) is 0 Å². The van der Waals surface area contributed by atoms with Crippen LogP contribution < -0.4 is 0 Å². The molecule has 0 bridgehead atoms. The van der Waals surface area contributed by atoms with E-state index in [4.69, 9.17) is 5.11 Å². The standard InChI is InChI=1S/C14H15BrN2O2/c1-3-8(2)10-5-4-9(6-11(10)15)12-7-13(14(18)19)17-16-12/h4-8H,3H2,1-2H3,(H,16,17)(H,18,19). The number of H-pyrrole nitrogens is 1. The number of hydrogen-bond acceptors (Lipinski definition) is 2. The van der Waals surface area contributed by atoms with E-state index in [1.807, 2.05) is 12.1 Å². The average molecular weight is 323 g/mol. The number of hydrogen-bond donors (Lipinski definition) is 2. The first-order valence-corrected chi connectivity index (χ1v) is 6.90. The predicted molar refractivity (Wildman–Crippen MR) is 77.4 cm³/mol. The van der Waals surface area contributed by atoms with Gasteiger partial charge in [0.2, 0.25) is 0 Å². The van der Waals surface area contributed by atoms with Crippen molar-refractivity contribution in [3.8, 4) is 11.3 Å². The van der Waals surface area contributed by atoms with Gasteiger partial charge < -0.3 is 5.11 Å². The number of benzene rings is 1. The molecule has 1 aromatic carbocycles. The minimum Gasteiger partial charge on any atom is -0.477 e. The predicted octanol–water partition coefficient (Wildman–Crippen LogP) is 4.05. The van der Waals surface area contributed by atoms with Crippen LogP contribution in [0.3, 0.4) is 0 Å². The first-order chi connectivity index (χ1) is 9.02. The minimum atomic E-state index is -1.01. The van der Waals surface area contributed by atoms with Crippen molar-refractivity contribution in [1.82, 2.24) is 10.2 Å². The zero-order valence-electron chi connectivity index (χ0n) is 10.8. The van der Waals surface area contributed by atoms with Gasteiger partial charge in [0.15, 0.2) is 0 Å². The summed E-state index contributed by atoms with van der Waals surface area (Å²) in [4.78, 5) is 10.8. The molecule has 0 saturated heterocycles. The molecule has 100 valence electrons. The molecule has 2 aromatic rings. The molecule has 0 aliphatic rings. The molecule has 0 aliphatic carbocycles. The second-order valence-electron chi connectivity index (χ2n) is 4.52. The number of aromatic nitrogens is 2. The fraction of sp³-hybridized carbons (Fsp3) is 0.286. The minimum absolute atomic E-state index is 0.0946. The van der Waals surface area contributed by atoms with Gasteiger partial charge in [-0.15, -0.1) is 0 Å². The number of halogens is 1. The van der Waals surface area contributed by atoms with Gasteiger partial charge in [-0.3, -0.25) is 5.10 Å². The molecule has 0 fully saturated rings. The fourth-order valence-corrected chi connectivity index (χ4v) is 2.65. The zero-order valence-corrected chi connectivity index (χ0v) is 12.4. The Balaban J connectivity index is 2.35. The van der Waals surface area contributed by atoms with Crippen molar-refractivity contribution in [3.05, 3.63) is 40.0 Å². The summed E-state index contributed by atoms with van der Waals surface area (Å²) in [6, 6.07) is 7.53. The quantitative estimate of drug-likeness (QED) is 0.892. The first kappa shape index (κ1) is 13.8. The molecule has 2 N–H and O–H groups in total.